The van der Waals surface area contributed by atoms with Gasteiger partial charge in [0.2, 0.25) is 0 Å². The lowest BCUT2D eigenvalue weighted by molar-refractivity contribution is 0.0592. The molecule has 0 saturated heterocycles. The summed E-state index contributed by atoms with van der Waals surface area (Å²) in [6, 6.07) is 16.4. The first-order valence-corrected chi connectivity index (χ1v) is 9.54. The molecule has 130 valence electrons. The highest BCUT2D eigenvalue weighted by Gasteiger charge is 2.38. The van der Waals surface area contributed by atoms with Gasteiger partial charge in [0.15, 0.2) is 0 Å². The maximum absolute atomic E-state index is 11.7. The van der Waals surface area contributed by atoms with Gasteiger partial charge in [0, 0.05) is 34.0 Å². The van der Waals surface area contributed by atoms with Gasteiger partial charge in [-0.25, -0.2) is 0 Å². The zero-order chi connectivity index (χ0) is 17.7. The lowest BCUT2D eigenvalue weighted by Gasteiger charge is -2.36. The van der Waals surface area contributed by atoms with E-state index in [1.165, 1.54) is 0 Å². The van der Waals surface area contributed by atoms with Gasteiger partial charge < -0.3 is 5.11 Å². The van der Waals surface area contributed by atoms with E-state index in [1.807, 2.05) is 36.4 Å². The van der Waals surface area contributed by atoms with Crippen molar-refractivity contribution < 1.29 is 5.11 Å². The molecule has 25 heavy (non-hydrogen) atoms. The molecule has 0 amide bonds. The van der Waals surface area contributed by atoms with Crippen molar-refractivity contribution in [2.24, 2.45) is 0 Å². The fourth-order valence-electron chi connectivity index (χ4n) is 3.51. The first-order chi connectivity index (χ1) is 12.2. The van der Waals surface area contributed by atoms with E-state index in [1.54, 1.807) is 11.8 Å². The Morgan fingerprint density at radius 2 is 1.44 bits per heavy atom. The lowest BCUT2D eigenvalue weighted by Crippen LogP contribution is -2.33. The topological polar surface area (TPSA) is 23.5 Å². The van der Waals surface area contributed by atoms with E-state index in [2.05, 4.69) is 42.3 Å². The smallest absolute Gasteiger partial charge is 0.117 e. The first kappa shape index (κ1) is 18.0. The second kappa shape index (κ2) is 8.05. The Bertz CT molecular complexity index is 700. The van der Waals surface area contributed by atoms with Gasteiger partial charge in [0.25, 0.3) is 0 Å². The summed E-state index contributed by atoms with van der Waals surface area (Å²) in [7, 11) is 0. The number of benzene rings is 2. The number of hydrogen-bond donors (Lipinski definition) is 1. The number of hydrogen-bond acceptors (Lipinski definition) is 3. The highest BCUT2D eigenvalue weighted by molar-refractivity contribution is 7.99. The molecule has 1 aliphatic heterocycles. The summed E-state index contributed by atoms with van der Waals surface area (Å²) in [5, 5.41) is 11.7. The van der Waals surface area contributed by atoms with Crippen LogP contribution in [0.5, 0.6) is 0 Å². The molecule has 0 radical (unpaired) electrons. The van der Waals surface area contributed by atoms with E-state index < -0.39 is 5.60 Å². The summed E-state index contributed by atoms with van der Waals surface area (Å²) in [6.45, 7) is 10.2. The van der Waals surface area contributed by atoms with Gasteiger partial charge >= 0.3 is 0 Å². The summed E-state index contributed by atoms with van der Waals surface area (Å²) < 4.78 is 0. The molecule has 0 aliphatic carbocycles. The average molecular weight is 352 g/mol. The van der Waals surface area contributed by atoms with Crippen molar-refractivity contribution >= 4 is 11.8 Å². The molecule has 3 rings (SSSR count). The third kappa shape index (κ3) is 3.74. The van der Waals surface area contributed by atoms with E-state index in [9.17, 15) is 5.11 Å². The fraction of sp³-hybridized carbons (Fsp3) is 0.273. The fourth-order valence-corrected chi connectivity index (χ4v) is 4.73. The van der Waals surface area contributed by atoms with E-state index in [4.69, 9.17) is 0 Å². The van der Waals surface area contributed by atoms with Crippen LogP contribution >= 0.6 is 11.8 Å². The van der Waals surface area contributed by atoms with Gasteiger partial charge in [0.05, 0.1) is 0 Å². The second-order valence-electron chi connectivity index (χ2n) is 6.40. The van der Waals surface area contributed by atoms with Crippen LogP contribution in [0.3, 0.4) is 0 Å². The minimum absolute atomic E-state index is 0.701. The monoisotopic (exact) mass is 351 g/mol. The van der Waals surface area contributed by atoms with E-state index in [0.717, 1.165) is 47.0 Å². The minimum Gasteiger partial charge on any atom is -0.380 e. The molecule has 0 atom stereocenters. The molecule has 3 heteroatoms. The highest BCUT2D eigenvalue weighted by atomic mass is 32.2. The van der Waals surface area contributed by atoms with Crippen molar-refractivity contribution in [3.8, 4) is 0 Å². The van der Waals surface area contributed by atoms with Crippen LogP contribution in [0.25, 0.3) is 0 Å². The van der Waals surface area contributed by atoms with Crippen LogP contribution in [0, 0.1) is 0 Å². The van der Waals surface area contributed by atoms with E-state index >= 15 is 0 Å². The zero-order valence-corrected chi connectivity index (χ0v) is 15.3. The van der Waals surface area contributed by atoms with Crippen molar-refractivity contribution in [2.75, 3.05) is 19.6 Å². The molecule has 2 aromatic rings. The van der Waals surface area contributed by atoms with Gasteiger partial charge in [-0.3, -0.25) is 4.90 Å². The molecule has 2 nitrogen and oxygen atoms in total. The standard InChI is InChI=1S/C22H25NOS/c1-3-15-23(16-4-2)17-9-14-22(24)18-10-5-7-12-20(18)25-21-13-8-6-11-19(21)22/h3-8,10-13,24H,1-2,9,14-17H2. The van der Waals surface area contributed by atoms with Gasteiger partial charge in [0.1, 0.15) is 5.60 Å². The Morgan fingerprint density at radius 1 is 0.920 bits per heavy atom. The molecular weight excluding hydrogens is 326 g/mol. The van der Waals surface area contributed by atoms with Gasteiger partial charge in [-0.1, -0.05) is 60.3 Å². The normalized spacial score (nSPS) is 14.6. The molecular formula is C22H25NOS. The Labute approximate surface area is 154 Å². The van der Waals surface area contributed by atoms with Gasteiger partial charge in [-0.15, -0.1) is 13.2 Å². The maximum atomic E-state index is 11.7. The predicted molar refractivity (Wildman–Crippen MR) is 106 cm³/mol. The summed E-state index contributed by atoms with van der Waals surface area (Å²) in [5.41, 5.74) is 1.13. The van der Waals surface area contributed by atoms with Crippen molar-refractivity contribution in [2.45, 2.75) is 28.2 Å². The number of aliphatic hydroxyl groups is 1. The Balaban J connectivity index is 1.84. The second-order valence-corrected chi connectivity index (χ2v) is 7.48. The lowest BCUT2D eigenvalue weighted by atomic mass is 9.82. The molecule has 2 aromatic carbocycles. The number of nitrogens with zero attached hydrogens (tertiary/aromatic N) is 1. The molecule has 0 fully saturated rings. The third-order valence-corrected chi connectivity index (χ3v) is 5.82. The molecule has 0 unspecified atom stereocenters. The first-order valence-electron chi connectivity index (χ1n) is 8.72. The Kier molecular flexibility index (Phi) is 5.79. The molecule has 0 bridgehead atoms. The summed E-state index contributed by atoms with van der Waals surface area (Å²) in [5.74, 6) is 0. The quantitative estimate of drug-likeness (QED) is 0.688. The minimum atomic E-state index is -0.924. The summed E-state index contributed by atoms with van der Waals surface area (Å²) in [6.07, 6.45) is 5.44. The van der Waals surface area contributed by atoms with Crippen LogP contribution in [0.15, 0.2) is 83.6 Å². The molecule has 1 heterocycles. The van der Waals surface area contributed by atoms with Crippen molar-refractivity contribution in [1.29, 1.82) is 0 Å². The van der Waals surface area contributed by atoms with Gasteiger partial charge in [-0.05, 0) is 31.5 Å². The predicted octanol–water partition coefficient (Wildman–Crippen LogP) is 4.84. The highest BCUT2D eigenvalue weighted by Crippen LogP contribution is 2.49. The van der Waals surface area contributed by atoms with Crippen LogP contribution in [-0.2, 0) is 5.60 Å². The summed E-state index contributed by atoms with van der Waals surface area (Å²) >= 11 is 1.74. The molecule has 0 spiro atoms. The number of rotatable bonds is 8. The van der Waals surface area contributed by atoms with Crippen molar-refractivity contribution in [3.63, 3.8) is 0 Å². The largest absolute Gasteiger partial charge is 0.380 e. The van der Waals surface area contributed by atoms with Crippen LogP contribution in [0.4, 0.5) is 0 Å². The average Bonchev–Trinajstić information content (AvgIpc) is 2.62. The third-order valence-electron chi connectivity index (χ3n) is 4.67. The van der Waals surface area contributed by atoms with Crippen LogP contribution < -0.4 is 0 Å². The molecule has 1 N–H and O–H groups in total. The SMILES string of the molecule is C=CCN(CC=C)CCCC1(O)c2ccccc2Sc2ccccc21. The molecule has 1 aliphatic rings. The Hall–Kier alpha value is -1.81. The van der Waals surface area contributed by atoms with Crippen LogP contribution in [0.1, 0.15) is 24.0 Å². The number of fused-ring (bicyclic) bond motifs is 2. The van der Waals surface area contributed by atoms with Crippen LogP contribution in [0.2, 0.25) is 0 Å². The Morgan fingerprint density at radius 3 is 1.96 bits per heavy atom. The zero-order valence-electron chi connectivity index (χ0n) is 14.5. The maximum Gasteiger partial charge on any atom is 0.117 e. The van der Waals surface area contributed by atoms with Gasteiger partial charge in [-0.2, -0.15) is 0 Å². The van der Waals surface area contributed by atoms with Crippen molar-refractivity contribution in [1.82, 2.24) is 4.90 Å². The summed E-state index contributed by atoms with van der Waals surface area (Å²) in [4.78, 5) is 4.59. The van der Waals surface area contributed by atoms with Crippen molar-refractivity contribution in [3.05, 3.63) is 85.0 Å². The molecule has 0 saturated carbocycles. The molecule has 0 aromatic heterocycles. The van der Waals surface area contributed by atoms with E-state index in [-0.39, 0.29) is 0 Å². The van der Waals surface area contributed by atoms with Crippen LogP contribution in [-0.4, -0.2) is 29.6 Å². The van der Waals surface area contributed by atoms with E-state index in [0.29, 0.717) is 6.42 Å².